The third kappa shape index (κ3) is 9.96. The Morgan fingerprint density at radius 2 is 1.54 bits per heavy atom. The van der Waals surface area contributed by atoms with Crippen molar-refractivity contribution in [2.24, 2.45) is 0 Å². The third-order valence-electron chi connectivity index (χ3n) is 5.79. The van der Waals surface area contributed by atoms with Gasteiger partial charge in [-0.05, 0) is 72.9 Å². The fourth-order valence-corrected chi connectivity index (χ4v) is 3.66. The van der Waals surface area contributed by atoms with Gasteiger partial charge in [0, 0.05) is 29.4 Å². The molecular weight excluding hydrogens is 519 g/mol. The monoisotopic (exact) mass is 548 g/mol. The predicted molar refractivity (Wildman–Crippen MR) is 140 cm³/mol. The number of nitrogens with two attached hydrogens (primary N) is 2. The molecule has 0 amide bonds. The molecule has 0 atom stereocenters. The van der Waals surface area contributed by atoms with Gasteiger partial charge in [-0.1, -0.05) is 36.8 Å². The summed E-state index contributed by atoms with van der Waals surface area (Å²) < 4.78 is 75.9. The first-order valence-electron chi connectivity index (χ1n) is 12.2. The van der Waals surface area contributed by atoms with Crippen LogP contribution >= 0.6 is 0 Å². The number of aryl methyl sites for hydroxylation is 1. The van der Waals surface area contributed by atoms with Crippen LogP contribution in [-0.4, -0.2) is 12.1 Å². The molecule has 0 aliphatic carbocycles. The molecule has 0 aromatic heterocycles. The highest BCUT2D eigenvalue weighted by atomic mass is 19.4. The Kier molecular flexibility index (Phi) is 9.92. The molecule has 0 saturated carbocycles. The van der Waals surface area contributed by atoms with Gasteiger partial charge in [0.05, 0.1) is 5.56 Å². The maximum atomic E-state index is 14.6. The van der Waals surface area contributed by atoms with E-state index >= 15 is 0 Å². The van der Waals surface area contributed by atoms with E-state index < -0.39 is 24.7 Å². The molecule has 0 aliphatic rings. The molecule has 0 unspecified atom stereocenters. The molecule has 208 valence electrons. The van der Waals surface area contributed by atoms with Gasteiger partial charge < -0.3 is 20.9 Å². The summed E-state index contributed by atoms with van der Waals surface area (Å²) in [4.78, 5) is 12.0. The first-order valence-corrected chi connectivity index (χ1v) is 12.2. The number of hydrogen-bond acceptors (Lipinski definition) is 5. The zero-order valence-corrected chi connectivity index (χ0v) is 21.0. The molecular formula is C29H29F5N2O3. The Morgan fingerprint density at radius 3 is 2.18 bits per heavy atom. The van der Waals surface area contributed by atoms with E-state index in [4.69, 9.17) is 20.9 Å². The Hall–Kier alpha value is -4.08. The van der Waals surface area contributed by atoms with Gasteiger partial charge >= 0.3 is 18.3 Å². The van der Waals surface area contributed by atoms with Gasteiger partial charge in [0.1, 0.15) is 12.4 Å². The molecule has 0 radical (unpaired) electrons. The van der Waals surface area contributed by atoms with Crippen LogP contribution in [0.5, 0.6) is 5.75 Å². The van der Waals surface area contributed by atoms with Crippen LogP contribution in [-0.2, 0) is 28.7 Å². The minimum atomic E-state index is -4.16. The number of hydrogen-bond donors (Lipinski definition) is 2. The fourth-order valence-electron chi connectivity index (χ4n) is 3.66. The lowest BCUT2D eigenvalue weighted by Gasteiger charge is -2.18. The summed E-state index contributed by atoms with van der Waals surface area (Å²) in [5, 5.41) is 0. The van der Waals surface area contributed by atoms with Crippen molar-refractivity contribution < 1.29 is 36.2 Å². The minimum absolute atomic E-state index is 0.0277. The van der Waals surface area contributed by atoms with E-state index in [0.29, 0.717) is 41.8 Å². The topological polar surface area (TPSA) is 87.6 Å². The van der Waals surface area contributed by atoms with Crippen LogP contribution in [0.1, 0.15) is 47.9 Å². The van der Waals surface area contributed by atoms with E-state index in [1.54, 1.807) is 18.2 Å². The van der Waals surface area contributed by atoms with Crippen molar-refractivity contribution in [3.63, 3.8) is 0 Å². The number of nitrogen functional groups attached to an aromatic ring is 2. The number of rotatable bonds is 12. The van der Waals surface area contributed by atoms with E-state index in [-0.39, 0.29) is 24.3 Å². The fraction of sp³-hybridized carbons (Fsp3) is 0.276. The molecule has 3 rings (SSSR count). The summed E-state index contributed by atoms with van der Waals surface area (Å²) in [6.07, 6.45) is -4.41. The normalized spacial score (nSPS) is 12.0. The van der Waals surface area contributed by atoms with E-state index in [1.807, 2.05) is 0 Å². The molecule has 10 heteroatoms. The Morgan fingerprint density at radius 1 is 0.846 bits per heavy atom. The second-order valence-electron chi connectivity index (χ2n) is 8.96. The summed E-state index contributed by atoms with van der Waals surface area (Å²) in [6.45, 7) is -0.0277. The molecule has 0 spiro atoms. The third-order valence-corrected chi connectivity index (χ3v) is 5.79. The zero-order chi connectivity index (χ0) is 28.5. The van der Waals surface area contributed by atoms with Crippen LogP contribution in [0.4, 0.5) is 33.3 Å². The summed E-state index contributed by atoms with van der Waals surface area (Å²) >= 11 is 0. The number of ether oxygens (including phenoxy) is 2. The van der Waals surface area contributed by atoms with Crippen molar-refractivity contribution in [1.82, 2.24) is 0 Å². The number of anilines is 2. The number of unbranched alkanes of at least 4 members (excludes halogenated alkanes) is 2. The molecule has 4 N–H and O–H groups in total. The van der Waals surface area contributed by atoms with Crippen molar-refractivity contribution >= 4 is 23.4 Å². The molecule has 0 heterocycles. The summed E-state index contributed by atoms with van der Waals surface area (Å²) in [6, 6.07) is 16.1. The van der Waals surface area contributed by atoms with Crippen molar-refractivity contribution in [3.05, 3.63) is 95.1 Å². The van der Waals surface area contributed by atoms with E-state index in [2.05, 4.69) is 0 Å². The lowest BCUT2D eigenvalue weighted by molar-refractivity contribution is -0.185. The summed E-state index contributed by atoms with van der Waals surface area (Å²) in [5.41, 5.74) is 14.0. The highest BCUT2D eigenvalue weighted by Gasteiger charge is 2.34. The first kappa shape index (κ1) is 29.5. The largest absolute Gasteiger partial charge is 0.458 e. The second kappa shape index (κ2) is 13.1. The van der Waals surface area contributed by atoms with Crippen LogP contribution in [0, 0.1) is 0 Å². The molecule has 0 fully saturated rings. The maximum Gasteiger partial charge on any atom is 0.426 e. The van der Waals surface area contributed by atoms with Crippen LogP contribution in [0.25, 0.3) is 6.08 Å². The number of carbonyl (C=O) groups excluding carboxylic acids is 1. The molecule has 39 heavy (non-hydrogen) atoms. The Bertz CT molecular complexity index is 1260. The maximum absolute atomic E-state index is 14.6. The molecule has 0 saturated heterocycles. The van der Waals surface area contributed by atoms with Crippen molar-refractivity contribution in [2.45, 2.75) is 51.0 Å². The standard InChI is InChI=1S/C29H29F5N2O3/c30-28(31,32)17-3-1-2-4-20-5-11-23(12-6-20)29(33,34)39-25-14-7-21(8-15-25)9-16-27(37)38-19-22-10-13-24(35)18-26(22)36/h5-16,18H,1-4,17,19,35-36H2/b16-9+. The van der Waals surface area contributed by atoms with Crippen molar-refractivity contribution in [3.8, 4) is 5.75 Å². The van der Waals surface area contributed by atoms with Gasteiger partial charge in [-0.25, -0.2) is 4.79 Å². The predicted octanol–water partition coefficient (Wildman–Crippen LogP) is 7.40. The Labute approximate surface area is 223 Å². The molecule has 0 aliphatic heterocycles. The van der Waals surface area contributed by atoms with E-state index in [9.17, 15) is 26.7 Å². The average Bonchev–Trinajstić information content (AvgIpc) is 2.87. The molecule has 0 bridgehead atoms. The number of esters is 1. The van der Waals surface area contributed by atoms with Crippen LogP contribution in [0.2, 0.25) is 0 Å². The minimum Gasteiger partial charge on any atom is -0.458 e. The van der Waals surface area contributed by atoms with Gasteiger partial charge in [0.2, 0.25) is 0 Å². The van der Waals surface area contributed by atoms with E-state index in [0.717, 1.165) is 5.56 Å². The Balaban J connectivity index is 1.47. The number of halogens is 5. The summed E-state index contributed by atoms with van der Waals surface area (Å²) in [7, 11) is 0. The van der Waals surface area contributed by atoms with E-state index in [1.165, 1.54) is 60.7 Å². The first-order chi connectivity index (χ1) is 18.4. The summed E-state index contributed by atoms with van der Waals surface area (Å²) in [5.74, 6) is -0.685. The van der Waals surface area contributed by atoms with Crippen molar-refractivity contribution in [1.29, 1.82) is 0 Å². The van der Waals surface area contributed by atoms with Crippen molar-refractivity contribution in [2.75, 3.05) is 11.5 Å². The second-order valence-corrected chi connectivity index (χ2v) is 8.96. The highest BCUT2D eigenvalue weighted by Crippen LogP contribution is 2.32. The molecule has 3 aromatic rings. The van der Waals surface area contributed by atoms with Crippen LogP contribution < -0.4 is 16.2 Å². The average molecular weight is 549 g/mol. The smallest absolute Gasteiger partial charge is 0.426 e. The number of benzene rings is 3. The van der Waals surface area contributed by atoms with Gasteiger partial charge in [-0.2, -0.15) is 22.0 Å². The highest BCUT2D eigenvalue weighted by molar-refractivity contribution is 5.87. The quantitative estimate of drug-likeness (QED) is 0.0810. The van der Waals surface area contributed by atoms with Gasteiger partial charge in [-0.3, -0.25) is 0 Å². The van der Waals surface area contributed by atoms with Gasteiger partial charge in [0.25, 0.3) is 0 Å². The number of alkyl halides is 5. The lowest BCUT2D eigenvalue weighted by Crippen LogP contribution is -2.21. The zero-order valence-electron chi connectivity index (χ0n) is 21.0. The lowest BCUT2D eigenvalue weighted by atomic mass is 10.0. The van der Waals surface area contributed by atoms with Gasteiger partial charge in [0.15, 0.2) is 0 Å². The molecule has 5 nitrogen and oxygen atoms in total. The van der Waals surface area contributed by atoms with Crippen LogP contribution in [0.3, 0.4) is 0 Å². The number of carbonyl (C=O) groups is 1. The van der Waals surface area contributed by atoms with Crippen LogP contribution in [0.15, 0.2) is 72.8 Å². The SMILES string of the molecule is Nc1ccc(COC(=O)/C=C/c2ccc(OC(F)(F)c3ccc(CCCCCC(F)(F)F)cc3)cc2)c(N)c1. The van der Waals surface area contributed by atoms with Gasteiger partial charge in [-0.15, -0.1) is 0 Å². The molecule has 3 aromatic carbocycles.